The lowest BCUT2D eigenvalue weighted by Crippen LogP contribution is -2.26. The maximum atomic E-state index is 11.5. The summed E-state index contributed by atoms with van der Waals surface area (Å²) in [7, 11) is 1.77. The molecule has 1 heterocycles. The summed E-state index contributed by atoms with van der Waals surface area (Å²) in [5.41, 5.74) is 0. The Labute approximate surface area is 82.4 Å². The Hall–Kier alpha value is -0.900. The van der Waals surface area contributed by atoms with Gasteiger partial charge < -0.3 is 0 Å². The number of nitrogens with zero attached hydrogens (tertiary/aromatic N) is 2. The van der Waals surface area contributed by atoms with E-state index >= 15 is 0 Å². The molecule has 0 spiro atoms. The fraction of sp³-hybridized carbons (Fsp3) is 0.556. The normalized spacial score (nSPS) is 10.5. The van der Waals surface area contributed by atoms with Crippen LogP contribution in [0.2, 0.25) is 0 Å². The Morgan fingerprint density at radius 1 is 1.69 bits per heavy atom. The Morgan fingerprint density at radius 3 is 2.85 bits per heavy atom. The maximum absolute atomic E-state index is 11.5. The second kappa shape index (κ2) is 4.37. The quantitative estimate of drug-likeness (QED) is 0.745. The van der Waals surface area contributed by atoms with Gasteiger partial charge in [-0.15, -0.1) is 11.3 Å². The van der Waals surface area contributed by atoms with Gasteiger partial charge in [-0.25, -0.2) is 4.98 Å². The van der Waals surface area contributed by atoms with Crippen LogP contribution in [0.4, 0.5) is 5.13 Å². The van der Waals surface area contributed by atoms with Gasteiger partial charge in [0.05, 0.1) is 0 Å². The van der Waals surface area contributed by atoms with Gasteiger partial charge in [0.15, 0.2) is 5.13 Å². The Kier molecular flexibility index (Phi) is 3.42. The Bertz CT molecular complexity index is 269. The highest BCUT2D eigenvalue weighted by molar-refractivity contribution is 7.13. The highest BCUT2D eigenvalue weighted by atomic mass is 32.1. The fourth-order valence-corrected chi connectivity index (χ4v) is 1.60. The molecular formula is C9H14N2OS. The lowest BCUT2D eigenvalue weighted by atomic mass is 10.1. The number of aromatic nitrogens is 1. The van der Waals surface area contributed by atoms with Crippen molar-refractivity contribution in [3.8, 4) is 0 Å². The van der Waals surface area contributed by atoms with E-state index in [2.05, 4.69) is 4.98 Å². The highest BCUT2D eigenvalue weighted by Gasteiger charge is 2.13. The summed E-state index contributed by atoms with van der Waals surface area (Å²) in [4.78, 5) is 17.2. The predicted octanol–water partition coefficient (Wildman–Crippen LogP) is 2.15. The number of hydrogen-bond donors (Lipinski definition) is 0. The summed E-state index contributed by atoms with van der Waals surface area (Å²) in [5.74, 6) is 0.528. The molecule has 0 unspecified atom stereocenters. The largest absolute Gasteiger partial charge is 0.291 e. The van der Waals surface area contributed by atoms with Crippen LogP contribution in [0.25, 0.3) is 0 Å². The predicted molar refractivity (Wildman–Crippen MR) is 55.0 cm³/mol. The molecule has 1 aromatic heterocycles. The number of carbonyl (C=O) groups is 1. The molecule has 0 saturated carbocycles. The third kappa shape index (κ3) is 2.81. The van der Waals surface area contributed by atoms with Gasteiger partial charge in [0, 0.05) is 25.0 Å². The third-order valence-electron chi connectivity index (χ3n) is 1.66. The van der Waals surface area contributed by atoms with Crippen LogP contribution in [0, 0.1) is 5.92 Å². The molecule has 0 aliphatic carbocycles. The summed E-state index contributed by atoms with van der Waals surface area (Å²) < 4.78 is 0. The lowest BCUT2D eigenvalue weighted by Gasteiger charge is -2.14. The smallest absolute Gasteiger partial charge is 0.228 e. The number of thiazole rings is 1. The van der Waals surface area contributed by atoms with E-state index in [1.807, 2.05) is 19.2 Å². The average molecular weight is 198 g/mol. The van der Waals surface area contributed by atoms with Gasteiger partial charge in [-0.2, -0.15) is 0 Å². The molecule has 0 saturated heterocycles. The van der Waals surface area contributed by atoms with Crippen molar-refractivity contribution in [2.45, 2.75) is 20.3 Å². The number of hydrogen-bond acceptors (Lipinski definition) is 3. The molecule has 1 amide bonds. The minimum absolute atomic E-state index is 0.130. The highest BCUT2D eigenvalue weighted by Crippen LogP contribution is 2.17. The topological polar surface area (TPSA) is 33.2 Å². The first-order valence-corrected chi connectivity index (χ1v) is 5.15. The Balaban J connectivity index is 2.58. The van der Waals surface area contributed by atoms with Gasteiger partial charge in [-0.1, -0.05) is 13.8 Å². The molecule has 0 aliphatic rings. The average Bonchev–Trinajstić information content (AvgIpc) is 2.53. The molecule has 3 nitrogen and oxygen atoms in total. The van der Waals surface area contributed by atoms with E-state index in [9.17, 15) is 4.79 Å². The summed E-state index contributed by atoms with van der Waals surface area (Å²) in [5, 5.41) is 2.64. The molecular weight excluding hydrogens is 184 g/mol. The monoisotopic (exact) mass is 198 g/mol. The Morgan fingerprint density at radius 2 is 2.38 bits per heavy atom. The molecule has 0 aromatic carbocycles. The number of carbonyl (C=O) groups excluding carboxylic acids is 1. The standard InChI is InChI=1S/C9H14N2OS/c1-7(2)6-8(12)11(3)9-10-4-5-13-9/h4-5,7H,6H2,1-3H3. The van der Waals surface area contributed by atoms with Crippen LogP contribution < -0.4 is 4.90 Å². The van der Waals surface area contributed by atoms with Gasteiger partial charge in [-0.3, -0.25) is 9.69 Å². The zero-order valence-electron chi connectivity index (χ0n) is 8.15. The molecule has 13 heavy (non-hydrogen) atoms. The first-order valence-electron chi connectivity index (χ1n) is 4.27. The van der Waals surface area contributed by atoms with E-state index in [1.165, 1.54) is 11.3 Å². The lowest BCUT2D eigenvalue weighted by molar-refractivity contribution is -0.119. The second-order valence-electron chi connectivity index (χ2n) is 3.37. The van der Waals surface area contributed by atoms with Crippen LogP contribution in [0.5, 0.6) is 0 Å². The van der Waals surface area contributed by atoms with Crippen LogP contribution in [-0.4, -0.2) is 17.9 Å². The molecule has 4 heteroatoms. The maximum Gasteiger partial charge on any atom is 0.228 e. The van der Waals surface area contributed by atoms with E-state index in [0.29, 0.717) is 12.3 Å². The van der Waals surface area contributed by atoms with Crippen molar-refractivity contribution in [2.75, 3.05) is 11.9 Å². The van der Waals surface area contributed by atoms with Crippen LogP contribution in [0.3, 0.4) is 0 Å². The van der Waals surface area contributed by atoms with Crippen molar-refractivity contribution in [1.29, 1.82) is 0 Å². The van der Waals surface area contributed by atoms with E-state index < -0.39 is 0 Å². The van der Waals surface area contributed by atoms with Crippen LogP contribution in [0.15, 0.2) is 11.6 Å². The van der Waals surface area contributed by atoms with Gasteiger partial charge in [0.1, 0.15) is 0 Å². The summed E-state index contributed by atoms with van der Waals surface area (Å²) in [6.45, 7) is 4.07. The van der Waals surface area contributed by atoms with Gasteiger partial charge >= 0.3 is 0 Å². The van der Waals surface area contributed by atoms with Crippen LogP contribution in [-0.2, 0) is 4.79 Å². The van der Waals surface area contributed by atoms with Crippen molar-refractivity contribution in [3.63, 3.8) is 0 Å². The molecule has 0 N–H and O–H groups in total. The fourth-order valence-electron chi connectivity index (χ4n) is 0.974. The van der Waals surface area contributed by atoms with Crippen LogP contribution in [0.1, 0.15) is 20.3 Å². The number of rotatable bonds is 3. The molecule has 1 rings (SSSR count). The zero-order valence-corrected chi connectivity index (χ0v) is 8.97. The van der Waals surface area contributed by atoms with Crippen molar-refractivity contribution < 1.29 is 4.79 Å². The first-order chi connectivity index (χ1) is 6.11. The van der Waals surface area contributed by atoms with Crippen molar-refractivity contribution >= 4 is 22.4 Å². The molecule has 0 fully saturated rings. The SMILES string of the molecule is CC(C)CC(=O)N(C)c1nccs1. The molecule has 0 radical (unpaired) electrons. The minimum Gasteiger partial charge on any atom is -0.291 e. The summed E-state index contributed by atoms with van der Waals surface area (Å²) in [6, 6.07) is 0. The molecule has 0 bridgehead atoms. The molecule has 0 aliphatic heterocycles. The minimum atomic E-state index is 0.130. The molecule has 72 valence electrons. The summed E-state index contributed by atoms with van der Waals surface area (Å²) in [6.07, 6.45) is 2.29. The van der Waals surface area contributed by atoms with Gasteiger partial charge in [-0.05, 0) is 5.92 Å². The first kappa shape index (κ1) is 10.2. The van der Waals surface area contributed by atoms with E-state index in [-0.39, 0.29) is 5.91 Å². The summed E-state index contributed by atoms with van der Waals surface area (Å²) >= 11 is 1.48. The number of anilines is 1. The molecule has 0 atom stereocenters. The van der Waals surface area contributed by atoms with Crippen molar-refractivity contribution in [3.05, 3.63) is 11.6 Å². The molecule has 1 aromatic rings. The van der Waals surface area contributed by atoms with Crippen molar-refractivity contribution in [2.24, 2.45) is 5.92 Å². The van der Waals surface area contributed by atoms with E-state index in [1.54, 1.807) is 18.1 Å². The van der Waals surface area contributed by atoms with Gasteiger partial charge in [0.2, 0.25) is 5.91 Å². The third-order valence-corrected chi connectivity index (χ3v) is 2.51. The van der Waals surface area contributed by atoms with E-state index in [4.69, 9.17) is 0 Å². The van der Waals surface area contributed by atoms with Crippen LogP contribution >= 0.6 is 11.3 Å². The van der Waals surface area contributed by atoms with Crippen molar-refractivity contribution in [1.82, 2.24) is 4.98 Å². The van der Waals surface area contributed by atoms with Gasteiger partial charge in [0.25, 0.3) is 0 Å². The second-order valence-corrected chi connectivity index (χ2v) is 4.24. The zero-order chi connectivity index (χ0) is 9.84. The van der Waals surface area contributed by atoms with E-state index in [0.717, 1.165) is 5.13 Å². The number of amides is 1.